The van der Waals surface area contributed by atoms with Gasteiger partial charge in [-0.1, -0.05) is 29.8 Å². The number of primary amides is 1. The Balaban J connectivity index is 2.45. The summed E-state index contributed by atoms with van der Waals surface area (Å²) in [6.45, 7) is 5.03. The van der Waals surface area contributed by atoms with Gasteiger partial charge >= 0.3 is 0 Å². The van der Waals surface area contributed by atoms with E-state index in [1.807, 2.05) is 31.2 Å². The number of carbonyl (C=O) groups is 1. The first-order chi connectivity index (χ1) is 10.2. The number of rotatable bonds is 5. The van der Waals surface area contributed by atoms with Crippen molar-refractivity contribution >= 4 is 16.0 Å². The van der Waals surface area contributed by atoms with Gasteiger partial charge in [0.05, 0.1) is 5.25 Å². The summed E-state index contributed by atoms with van der Waals surface area (Å²) in [6, 6.07) is 7.70. The van der Waals surface area contributed by atoms with Gasteiger partial charge in [0.25, 0.3) is 16.0 Å². The zero-order chi connectivity index (χ0) is 16.5. The van der Waals surface area contributed by atoms with E-state index >= 15 is 0 Å². The van der Waals surface area contributed by atoms with Crippen LogP contribution in [0, 0.1) is 6.92 Å². The maximum atomic E-state index is 12.2. The molecule has 5 nitrogen and oxygen atoms in total. The van der Waals surface area contributed by atoms with E-state index in [2.05, 4.69) is 0 Å². The molecule has 0 aliphatic heterocycles. The van der Waals surface area contributed by atoms with Gasteiger partial charge in [0.2, 0.25) is 0 Å². The van der Waals surface area contributed by atoms with Crippen molar-refractivity contribution in [2.24, 2.45) is 5.73 Å². The Labute approximate surface area is 132 Å². The normalized spacial score (nSPS) is 25.5. The molecule has 1 aromatic rings. The van der Waals surface area contributed by atoms with E-state index in [-0.39, 0.29) is 5.92 Å². The van der Waals surface area contributed by atoms with Crippen LogP contribution in [0.1, 0.15) is 50.2 Å². The van der Waals surface area contributed by atoms with E-state index in [9.17, 15) is 13.2 Å². The van der Waals surface area contributed by atoms with Crippen molar-refractivity contribution in [3.8, 4) is 0 Å². The van der Waals surface area contributed by atoms with Crippen molar-refractivity contribution in [2.45, 2.75) is 56.8 Å². The third kappa shape index (κ3) is 3.03. The smallest absolute Gasteiger partial charge is 0.270 e. The molecule has 1 saturated carbocycles. The van der Waals surface area contributed by atoms with E-state index < -0.39 is 26.9 Å². The first-order valence-corrected chi connectivity index (χ1v) is 8.97. The molecule has 0 radical (unpaired) electrons. The molecule has 122 valence electrons. The van der Waals surface area contributed by atoms with Gasteiger partial charge < -0.3 is 5.73 Å². The Bertz CT molecular complexity index is 651. The third-order valence-electron chi connectivity index (χ3n) is 4.34. The molecule has 0 heterocycles. The minimum atomic E-state index is -3.83. The molecule has 2 atom stereocenters. The van der Waals surface area contributed by atoms with Crippen LogP contribution in [0.4, 0.5) is 0 Å². The summed E-state index contributed by atoms with van der Waals surface area (Å²) < 4.78 is 29.8. The number of hydrogen-bond donors (Lipinski definition) is 1. The molecule has 2 N–H and O–H groups in total. The zero-order valence-corrected chi connectivity index (χ0v) is 14.0. The van der Waals surface area contributed by atoms with Crippen molar-refractivity contribution in [3.63, 3.8) is 0 Å². The lowest BCUT2D eigenvalue weighted by Crippen LogP contribution is -2.50. The summed E-state index contributed by atoms with van der Waals surface area (Å²) in [4.78, 5) is 12.1. The summed E-state index contributed by atoms with van der Waals surface area (Å²) in [7, 11) is -3.83. The molecule has 2 unspecified atom stereocenters. The number of amides is 1. The highest BCUT2D eigenvalue weighted by molar-refractivity contribution is 7.87. The summed E-state index contributed by atoms with van der Waals surface area (Å²) in [5.41, 5.74) is 6.08. The first kappa shape index (κ1) is 17.0. The molecule has 1 aliphatic carbocycles. The van der Waals surface area contributed by atoms with Crippen molar-refractivity contribution in [3.05, 3.63) is 35.4 Å². The van der Waals surface area contributed by atoms with Gasteiger partial charge in [0, 0.05) is 5.92 Å². The lowest BCUT2D eigenvalue weighted by Gasteiger charge is -2.32. The quantitative estimate of drug-likeness (QED) is 0.841. The zero-order valence-electron chi connectivity index (χ0n) is 13.2. The van der Waals surface area contributed by atoms with Gasteiger partial charge in [0.1, 0.15) is 0 Å². The van der Waals surface area contributed by atoms with Crippen LogP contribution >= 0.6 is 0 Å². The van der Waals surface area contributed by atoms with Gasteiger partial charge in [-0.05, 0) is 45.6 Å². The monoisotopic (exact) mass is 325 g/mol. The van der Waals surface area contributed by atoms with Crippen LogP contribution in [0.5, 0.6) is 0 Å². The van der Waals surface area contributed by atoms with Crippen LogP contribution in [0.25, 0.3) is 0 Å². The molecular weight excluding hydrogens is 302 g/mol. The molecular formula is C16H23NO4S. The third-order valence-corrected chi connectivity index (χ3v) is 6.03. The van der Waals surface area contributed by atoms with E-state index in [0.29, 0.717) is 19.3 Å². The lowest BCUT2D eigenvalue weighted by atomic mass is 9.84. The fourth-order valence-corrected chi connectivity index (χ4v) is 3.84. The molecule has 1 aliphatic rings. The summed E-state index contributed by atoms with van der Waals surface area (Å²) in [5.74, 6) is -1.04. The van der Waals surface area contributed by atoms with E-state index in [1.165, 1.54) is 13.8 Å². The fraction of sp³-hybridized carbons (Fsp3) is 0.562. The van der Waals surface area contributed by atoms with Crippen molar-refractivity contribution in [2.75, 3.05) is 0 Å². The topological polar surface area (TPSA) is 86.5 Å². The molecule has 0 bridgehead atoms. The predicted octanol–water partition coefficient (Wildman–Crippen LogP) is 2.24. The minimum Gasteiger partial charge on any atom is -0.367 e. The van der Waals surface area contributed by atoms with Gasteiger partial charge in [-0.3, -0.25) is 8.98 Å². The minimum absolute atomic E-state index is 0.326. The second kappa shape index (κ2) is 6.01. The van der Waals surface area contributed by atoms with Crippen molar-refractivity contribution in [1.29, 1.82) is 0 Å². The van der Waals surface area contributed by atoms with E-state index in [4.69, 9.17) is 9.92 Å². The molecule has 1 amide bonds. The second-order valence-electron chi connectivity index (χ2n) is 6.23. The number of benzene rings is 1. The summed E-state index contributed by atoms with van der Waals surface area (Å²) in [5, 5.41) is -0.719. The number of nitrogens with two attached hydrogens (primary N) is 1. The molecule has 0 spiro atoms. The largest absolute Gasteiger partial charge is 0.367 e. The first-order valence-electron chi connectivity index (χ1n) is 7.50. The van der Waals surface area contributed by atoms with E-state index in [0.717, 1.165) is 11.1 Å². The van der Waals surface area contributed by atoms with Crippen molar-refractivity contribution in [1.82, 2.24) is 0 Å². The summed E-state index contributed by atoms with van der Waals surface area (Å²) in [6.07, 6.45) is 1.71. The van der Waals surface area contributed by atoms with Crippen LogP contribution in [-0.4, -0.2) is 25.2 Å². The Hall–Kier alpha value is -1.40. The number of hydrogen-bond acceptors (Lipinski definition) is 4. The fourth-order valence-electron chi connectivity index (χ4n) is 2.95. The SMILES string of the molecule is Cc1ccc(C2CCCC2(OS(=O)(=O)C(C)C)C(N)=O)cc1. The molecule has 0 aromatic heterocycles. The van der Waals surface area contributed by atoms with Crippen LogP contribution < -0.4 is 5.73 Å². The van der Waals surface area contributed by atoms with Gasteiger partial charge in [-0.2, -0.15) is 8.42 Å². The molecule has 2 rings (SSSR count). The molecule has 1 fully saturated rings. The Morgan fingerprint density at radius 1 is 1.32 bits per heavy atom. The summed E-state index contributed by atoms with van der Waals surface area (Å²) >= 11 is 0. The maximum Gasteiger partial charge on any atom is 0.270 e. The molecule has 6 heteroatoms. The highest BCUT2D eigenvalue weighted by atomic mass is 32.2. The van der Waals surface area contributed by atoms with Gasteiger partial charge in [0.15, 0.2) is 5.60 Å². The second-order valence-corrected chi connectivity index (χ2v) is 8.33. The average molecular weight is 325 g/mol. The number of aryl methyl sites for hydroxylation is 1. The van der Waals surface area contributed by atoms with Crippen LogP contribution in [-0.2, 0) is 19.1 Å². The number of carbonyl (C=O) groups excluding carboxylic acids is 1. The highest BCUT2D eigenvalue weighted by Gasteiger charge is 2.53. The molecule has 1 aromatic carbocycles. The van der Waals surface area contributed by atoms with Crippen LogP contribution in [0.3, 0.4) is 0 Å². The Morgan fingerprint density at radius 3 is 2.41 bits per heavy atom. The van der Waals surface area contributed by atoms with Crippen LogP contribution in [0.15, 0.2) is 24.3 Å². The average Bonchev–Trinajstić information content (AvgIpc) is 2.84. The van der Waals surface area contributed by atoms with Crippen molar-refractivity contribution < 1.29 is 17.4 Å². The maximum absolute atomic E-state index is 12.2. The predicted molar refractivity (Wildman–Crippen MR) is 84.8 cm³/mol. The molecule has 22 heavy (non-hydrogen) atoms. The Morgan fingerprint density at radius 2 is 1.91 bits per heavy atom. The highest BCUT2D eigenvalue weighted by Crippen LogP contribution is 2.46. The standard InChI is InChI=1S/C16H23NO4S/c1-11(2)22(19,20)21-16(15(17)18)10-4-5-14(16)13-8-6-12(3)7-9-13/h6-9,11,14H,4-5,10H2,1-3H3,(H2,17,18). The van der Waals surface area contributed by atoms with Gasteiger partial charge in [-0.25, -0.2) is 0 Å². The van der Waals surface area contributed by atoms with E-state index in [1.54, 1.807) is 0 Å². The molecule has 0 saturated heterocycles. The van der Waals surface area contributed by atoms with Crippen LogP contribution in [0.2, 0.25) is 0 Å². The lowest BCUT2D eigenvalue weighted by molar-refractivity contribution is -0.134. The Kier molecular flexibility index (Phi) is 4.63. The van der Waals surface area contributed by atoms with Gasteiger partial charge in [-0.15, -0.1) is 0 Å².